The number of nitrogens with zero attached hydrogens (tertiary/aromatic N) is 6. The van der Waals surface area contributed by atoms with Crippen LogP contribution in [0.3, 0.4) is 0 Å². The van der Waals surface area contributed by atoms with Gasteiger partial charge in [0.2, 0.25) is 21.8 Å². The summed E-state index contributed by atoms with van der Waals surface area (Å²) in [5, 5.41) is 30.9. The summed E-state index contributed by atoms with van der Waals surface area (Å²) in [6, 6.07) is 16.6. The molecule has 282 valence electrons. The minimum absolute atomic E-state index is 0.0548. The largest absolute Gasteiger partial charge is 0.492 e. The van der Waals surface area contributed by atoms with Crippen LogP contribution in [0, 0.1) is 28.6 Å². The van der Waals surface area contributed by atoms with Crippen molar-refractivity contribution in [2.75, 3.05) is 25.1 Å². The number of carbonyl (C=O) groups is 1. The van der Waals surface area contributed by atoms with E-state index in [-0.39, 0.29) is 39.2 Å². The van der Waals surface area contributed by atoms with Crippen LogP contribution in [-0.4, -0.2) is 48.6 Å². The molecule has 0 fully saturated rings. The summed E-state index contributed by atoms with van der Waals surface area (Å²) in [5.41, 5.74) is -1.55. The Kier molecular flexibility index (Phi) is 15.3. The number of hydrogen-bond acceptors (Lipinski definition) is 8. The van der Waals surface area contributed by atoms with Crippen LogP contribution in [0.4, 0.5) is 11.4 Å². The third-order valence-electron chi connectivity index (χ3n) is 9.47. The van der Waals surface area contributed by atoms with Crippen molar-refractivity contribution in [2.24, 2.45) is 27.5 Å². The average Bonchev–Trinajstić information content (AvgIpc) is 3.13. The van der Waals surface area contributed by atoms with Gasteiger partial charge in [-0.15, -0.1) is 5.11 Å². The number of aromatic nitrogens is 1. The van der Waals surface area contributed by atoms with E-state index in [1.54, 1.807) is 55.4 Å². The first-order valence-corrected chi connectivity index (χ1v) is 19.9. The highest BCUT2D eigenvalue weighted by Gasteiger charge is 2.32. The highest BCUT2D eigenvalue weighted by Crippen LogP contribution is 2.37. The minimum Gasteiger partial charge on any atom is -0.492 e. The van der Waals surface area contributed by atoms with E-state index in [0.717, 1.165) is 61.1 Å². The van der Waals surface area contributed by atoms with Gasteiger partial charge in [-0.2, -0.15) is 19.4 Å². The monoisotopic (exact) mass is 732 g/mol. The van der Waals surface area contributed by atoms with Gasteiger partial charge >= 0.3 is 5.56 Å². The van der Waals surface area contributed by atoms with Gasteiger partial charge in [-0.1, -0.05) is 117 Å². The molecule has 0 bridgehead atoms. The quantitative estimate of drug-likeness (QED) is 0.129. The third-order valence-corrected chi connectivity index (χ3v) is 11.3. The molecule has 52 heavy (non-hydrogen) atoms. The van der Waals surface area contributed by atoms with Crippen LogP contribution in [0.5, 0.6) is 5.88 Å². The van der Waals surface area contributed by atoms with Crippen LogP contribution >= 0.6 is 0 Å². The van der Waals surface area contributed by atoms with Crippen LogP contribution in [0.2, 0.25) is 0 Å². The number of carbonyl (C=O) groups excluding carboxylic acids is 1. The van der Waals surface area contributed by atoms with Crippen molar-refractivity contribution < 1.29 is 18.3 Å². The Bertz CT molecular complexity index is 1860. The molecule has 2 atom stereocenters. The molecule has 11 nitrogen and oxygen atoms in total. The summed E-state index contributed by atoms with van der Waals surface area (Å²) < 4.78 is 30.8. The lowest BCUT2D eigenvalue weighted by atomic mass is 9.95. The molecule has 1 amide bonds. The second-order valence-electron chi connectivity index (χ2n) is 14.4. The molecule has 0 aliphatic carbocycles. The van der Waals surface area contributed by atoms with Crippen LogP contribution in [-0.2, 0) is 14.8 Å². The molecule has 12 heteroatoms. The van der Waals surface area contributed by atoms with Crippen molar-refractivity contribution in [1.82, 2.24) is 8.98 Å². The Balaban J connectivity index is 2.11. The fourth-order valence-electron chi connectivity index (χ4n) is 6.20. The fourth-order valence-corrected chi connectivity index (χ4v) is 7.79. The van der Waals surface area contributed by atoms with E-state index in [9.17, 15) is 28.4 Å². The van der Waals surface area contributed by atoms with Crippen LogP contribution < -0.4 is 10.6 Å². The fraction of sp³-hybridized carbons (Fsp3) is 0.525. The first-order valence-electron chi connectivity index (χ1n) is 18.4. The average molecular weight is 733 g/mol. The van der Waals surface area contributed by atoms with E-state index in [1.807, 2.05) is 6.07 Å². The number of aromatic hydroxyl groups is 1. The SMILES string of the molecule is CCCCC(CC)CN(CC(CC)CCCC)S(=O)(=O)c1ccc(N=Nc2c(-c3ccccc3)c(C#N)c(O)n(N(C)C(=O)C(C)(C)C)c2=O)cc1. The van der Waals surface area contributed by atoms with Gasteiger partial charge < -0.3 is 5.11 Å². The van der Waals surface area contributed by atoms with Crippen molar-refractivity contribution in [2.45, 2.75) is 105 Å². The number of pyridine rings is 1. The van der Waals surface area contributed by atoms with Gasteiger partial charge in [0.1, 0.15) is 11.6 Å². The van der Waals surface area contributed by atoms with E-state index in [0.29, 0.717) is 18.7 Å². The molecule has 0 saturated heterocycles. The molecule has 1 heterocycles. The summed E-state index contributed by atoms with van der Waals surface area (Å²) in [7, 11) is -2.50. The molecule has 3 rings (SSSR count). The van der Waals surface area contributed by atoms with Gasteiger partial charge in [-0.05, 0) is 54.5 Å². The molecule has 0 radical (unpaired) electrons. The Morgan fingerprint density at radius 2 is 1.44 bits per heavy atom. The second-order valence-corrected chi connectivity index (χ2v) is 16.4. The lowest BCUT2D eigenvalue weighted by molar-refractivity contribution is -0.127. The van der Waals surface area contributed by atoms with Crippen molar-refractivity contribution in [3.05, 3.63) is 70.5 Å². The molecule has 0 spiro atoms. The summed E-state index contributed by atoms with van der Waals surface area (Å²) in [4.78, 5) is 27.4. The Morgan fingerprint density at radius 1 is 0.904 bits per heavy atom. The number of azo groups is 1. The predicted molar refractivity (Wildman–Crippen MR) is 207 cm³/mol. The number of amides is 1. The summed E-state index contributed by atoms with van der Waals surface area (Å²) in [5.74, 6) is -0.669. The maximum absolute atomic E-state index is 14.2. The molecule has 1 aromatic heterocycles. The van der Waals surface area contributed by atoms with Gasteiger partial charge in [0.05, 0.1) is 10.6 Å². The van der Waals surface area contributed by atoms with Crippen molar-refractivity contribution in [1.29, 1.82) is 5.26 Å². The van der Waals surface area contributed by atoms with E-state index in [1.165, 1.54) is 31.3 Å². The number of hydrogen-bond donors (Lipinski definition) is 1. The normalized spacial score (nSPS) is 13.3. The smallest absolute Gasteiger partial charge is 0.301 e. The summed E-state index contributed by atoms with van der Waals surface area (Å²) in [6.45, 7) is 14.5. The third kappa shape index (κ3) is 10.2. The Labute approximate surface area is 310 Å². The molecule has 0 aliphatic heterocycles. The zero-order valence-corrected chi connectivity index (χ0v) is 32.9. The van der Waals surface area contributed by atoms with E-state index >= 15 is 0 Å². The molecule has 2 aromatic carbocycles. The Morgan fingerprint density at radius 3 is 1.90 bits per heavy atom. The molecular weight excluding hydrogens is 677 g/mol. The maximum atomic E-state index is 14.2. The van der Waals surface area contributed by atoms with Gasteiger partial charge in [-0.3, -0.25) is 9.59 Å². The zero-order valence-electron chi connectivity index (χ0n) is 32.1. The Hall–Kier alpha value is -4.34. The molecule has 3 aromatic rings. The number of sulfonamides is 1. The maximum Gasteiger partial charge on any atom is 0.301 e. The van der Waals surface area contributed by atoms with Crippen molar-refractivity contribution in [3.8, 4) is 23.1 Å². The molecule has 0 saturated carbocycles. The number of benzene rings is 2. The van der Waals surface area contributed by atoms with Crippen molar-refractivity contribution >= 4 is 27.3 Å². The van der Waals surface area contributed by atoms with Gasteiger partial charge in [0, 0.05) is 31.1 Å². The molecule has 2 unspecified atom stereocenters. The van der Waals surface area contributed by atoms with Gasteiger partial charge in [-0.25, -0.2) is 13.4 Å². The molecular formula is C40H56N6O5S. The van der Waals surface area contributed by atoms with Crippen LogP contribution in [0.25, 0.3) is 11.1 Å². The highest BCUT2D eigenvalue weighted by atomic mass is 32.2. The first-order chi connectivity index (χ1) is 24.7. The number of nitriles is 1. The second kappa shape index (κ2) is 18.9. The number of rotatable bonds is 18. The van der Waals surface area contributed by atoms with Gasteiger partial charge in [0.25, 0.3) is 0 Å². The highest BCUT2D eigenvalue weighted by molar-refractivity contribution is 7.89. The lowest BCUT2D eigenvalue weighted by Crippen LogP contribution is -2.48. The standard InChI is InChI=1S/C40H56N6O5S/c1-9-13-18-29(11-3)27-45(28-30(12-4)19-14-10-2)52(50,51)33-24-22-32(23-25-33)42-43-36-35(31-20-16-15-17-21-31)34(26-41)37(47)46(38(36)48)44(8)39(49)40(5,6)7/h15-17,20-25,29-30,47H,9-14,18-19,27-28H2,1-8H3. The van der Waals surface area contributed by atoms with Crippen molar-refractivity contribution in [3.63, 3.8) is 0 Å². The molecule has 1 N–H and O–H groups in total. The minimum atomic E-state index is -3.84. The van der Waals surface area contributed by atoms with E-state index < -0.39 is 32.8 Å². The number of unbranched alkanes of at least 4 members (excludes halogenated alkanes) is 2. The molecule has 0 aliphatic rings. The topological polar surface area (TPSA) is 148 Å². The lowest BCUT2D eigenvalue weighted by Gasteiger charge is -2.30. The first kappa shape index (κ1) is 42.1. The van der Waals surface area contributed by atoms with Gasteiger partial charge in [0.15, 0.2) is 5.69 Å². The van der Waals surface area contributed by atoms with E-state index in [4.69, 9.17) is 0 Å². The summed E-state index contributed by atoms with van der Waals surface area (Å²) in [6.07, 6.45) is 7.96. The predicted octanol–water partition coefficient (Wildman–Crippen LogP) is 9.07. The van der Waals surface area contributed by atoms with E-state index in [2.05, 4.69) is 37.9 Å². The zero-order chi connectivity index (χ0) is 38.6. The summed E-state index contributed by atoms with van der Waals surface area (Å²) >= 11 is 0. The van der Waals surface area contributed by atoms with Crippen LogP contribution in [0.1, 0.15) is 105 Å². The van der Waals surface area contributed by atoms with Crippen LogP contribution in [0.15, 0.2) is 74.5 Å².